The van der Waals surface area contributed by atoms with E-state index in [2.05, 4.69) is 4.72 Å². The molecule has 2 rings (SSSR count). The molecule has 0 heterocycles. The highest BCUT2D eigenvalue weighted by molar-refractivity contribution is 7.89. The minimum atomic E-state index is -4.16. The summed E-state index contributed by atoms with van der Waals surface area (Å²) in [4.78, 5) is 13.9. The highest BCUT2D eigenvalue weighted by Gasteiger charge is 2.27. The van der Waals surface area contributed by atoms with Crippen LogP contribution in [0, 0.1) is 5.82 Å². The van der Waals surface area contributed by atoms with Crippen molar-refractivity contribution < 1.29 is 17.6 Å². The second-order valence-corrected chi connectivity index (χ2v) is 7.84. The van der Waals surface area contributed by atoms with E-state index in [4.69, 9.17) is 5.73 Å². The standard InChI is InChI=1S/C19H24FN3O3S/c1-15(22-27(25,26)18-11-6-5-10-17(18)20)19(24)23(13-7-12-21)14-16-8-3-2-4-9-16/h2-6,8-11,15,22H,7,12-14,21H2,1H3. The van der Waals surface area contributed by atoms with Gasteiger partial charge in [0.1, 0.15) is 10.7 Å². The highest BCUT2D eigenvalue weighted by atomic mass is 32.2. The molecule has 6 nitrogen and oxygen atoms in total. The fraction of sp³-hybridized carbons (Fsp3) is 0.316. The number of amides is 1. The van der Waals surface area contributed by atoms with Gasteiger partial charge in [0.05, 0.1) is 6.04 Å². The predicted molar refractivity (Wildman–Crippen MR) is 102 cm³/mol. The molecule has 2 aromatic carbocycles. The Balaban J connectivity index is 2.15. The molecule has 0 saturated heterocycles. The SMILES string of the molecule is CC(NS(=O)(=O)c1ccccc1F)C(=O)N(CCCN)Cc1ccccc1. The van der Waals surface area contributed by atoms with E-state index in [-0.39, 0.29) is 0 Å². The molecule has 2 aromatic rings. The Bertz CT molecular complexity index is 860. The second kappa shape index (κ2) is 9.59. The van der Waals surface area contributed by atoms with Gasteiger partial charge in [-0.05, 0) is 37.6 Å². The first-order chi connectivity index (χ1) is 12.8. The van der Waals surface area contributed by atoms with Gasteiger partial charge >= 0.3 is 0 Å². The first-order valence-corrected chi connectivity index (χ1v) is 10.1. The third-order valence-corrected chi connectivity index (χ3v) is 5.56. The smallest absolute Gasteiger partial charge is 0.244 e. The van der Waals surface area contributed by atoms with Gasteiger partial charge in [0.25, 0.3) is 0 Å². The maximum atomic E-state index is 13.8. The van der Waals surface area contributed by atoms with Gasteiger partial charge in [-0.15, -0.1) is 0 Å². The molecule has 0 fully saturated rings. The monoisotopic (exact) mass is 393 g/mol. The van der Waals surface area contributed by atoms with Crippen molar-refractivity contribution >= 4 is 15.9 Å². The van der Waals surface area contributed by atoms with Crippen molar-refractivity contribution in [2.75, 3.05) is 13.1 Å². The summed E-state index contributed by atoms with van der Waals surface area (Å²) in [5.74, 6) is -1.26. The molecule has 3 N–H and O–H groups in total. The number of benzene rings is 2. The van der Waals surface area contributed by atoms with Gasteiger partial charge in [0, 0.05) is 13.1 Å². The summed E-state index contributed by atoms with van der Waals surface area (Å²) in [6, 6.07) is 13.4. The Kier molecular flexibility index (Phi) is 7.46. The van der Waals surface area contributed by atoms with Crippen molar-refractivity contribution in [3.05, 3.63) is 66.0 Å². The molecule has 0 aromatic heterocycles. The largest absolute Gasteiger partial charge is 0.337 e. The minimum absolute atomic E-state index is 0.339. The number of nitrogens with two attached hydrogens (primary N) is 1. The summed E-state index contributed by atoms with van der Waals surface area (Å²) < 4.78 is 40.9. The van der Waals surface area contributed by atoms with E-state index in [9.17, 15) is 17.6 Å². The fourth-order valence-electron chi connectivity index (χ4n) is 2.64. The molecule has 1 atom stereocenters. The van der Waals surface area contributed by atoms with Gasteiger partial charge in [-0.2, -0.15) is 4.72 Å². The minimum Gasteiger partial charge on any atom is -0.337 e. The van der Waals surface area contributed by atoms with Crippen LogP contribution in [0.25, 0.3) is 0 Å². The van der Waals surface area contributed by atoms with Crippen LogP contribution in [0.1, 0.15) is 18.9 Å². The highest BCUT2D eigenvalue weighted by Crippen LogP contribution is 2.14. The van der Waals surface area contributed by atoms with Crippen molar-refractivity contribution in [1.82, 2.24) is 9.62 Å². The molecule has 0 aliphatic heterocycles. The number of sulfonamides is 1. The first-order valence-electron chi connectivity index (χ1n) is 8.65. The molecule has 0 bridgehead atoms. The van der Waals surface area contributed by atoms with Gasteiger partial charge in [-0.25, -0.2) is 12.8 Å². The lowest BCUT2D eigenvalue weighted by Crippen LogP contribution is -2.47. The zero-order chi connectivity index (χ0) is 19.9. The predicted octanol–water partition coefficient (Wildman–Crippen LogP) is 1.87. The molecule has 0 aliphatic rings. The molecule has 0 saturated carbocycles. The zero-order valence-electron chi connectivity index (χ0n) is 15.1. The number of nitrogens with one attached hydrogen (secondary N) is 1. The molecular formula is C19H24FN3O3S. The summed E-state index contributed by atoms with van der Waals surface area (Å²) in [5, 5.41) is 0. The van der Waals surface area contributed by atoms with Crippen LogP contribution in [-0.2, 0) is 21.4 Å². The first kappa shape index (κ1) is 21.0. The molecule has 1 amide bonds. The molecule has 0 aliphatic carbocycles. The Labute approximate surface area is 159 Å². The van der Waals surface area contributed by atoms with Crippen molar-refractivity contribution in [3.8, 4) is 0 Å². The van der Waals surface area contributed by atoms with Crippen LogP contribution in [0.4, 0.5) is 4.39 Å². The second-order valence-electron chi connectivity index (χ2n) is 6.16. The van der Waals surface area contributed by atoms with Crippen molar-refractivity contribution in [3.63, 3.8) is 0 Å². The molecular weight excluding hydrogens is 369 g/mol. The Morgan fingerprint density at radius 1 is 1.15 bits per heavy atom. The maximum Gasteiger partial charge on any atom is 0.244 e. The van der Waals surface area contributed by atoms with Crippen LogP contribution in [-0.4, -0.2) is 38.4 Å². The lowest BCUT2D eigenvalue weighted by molar-refractivity contribution is -0.133. The van der Waals surface area contributed by atoms with Crippen molar-refractivity contribution in [1.29, 1.82) is 0 Å². The summed E-state index contributed by atoms with van der Waals surface area (Å²) in [6.07, 6.45) is 0.589. The van der Waals surface area contributed by atoms with Gasteiger partial charge < -0.3 is 10.6 Å². The number of carbonyl (C=O) groups is 1. The van der Waals surface area contributed by atoms with Crippen LogP contribution in [0.5, 0.6) is 0 Å². The molecule has 8 heteroatoms. The summed E-state index contributed by atoms with van der Waals surface area (Å²) in [5.41, 5.74) is 6.47. The van der Waals surface area contributed by atoms with Crippen LogP contribution >= 0.6 is 0 Å². The van der Waals surface area contributed by atoms with E-state index in [0.29, 0.717) is 26.1 Å². The molecule has 146 valence electrons. The van der Waals surface area contributed by atoms with Crippen molar-refractivity contribution in [2.45, 2.75) is 30.8 Å². The molecule has 27 heavy (non-hydrogen) atoms. The van der Waals surface area contributed by atoms with Crippen LogP contribution in [0.2, 0.25) is 0 Å². The number of nitrogens with zero attached hydrogens (tertiary/aromatic N) is 1. The number of carbonyl (C=O) groups excluding carboxylic acids is 1. The van der Waals surface area contributed by atoms with E-state index in [1.54, 1.807) is 4.90 Å². The fourth-order valence-corrected chi connectivity index (χ4v) is 3.91. The third kappa shape index (κ3) is 5.85. The van der Waals surface area contributed by atoms with Gasteiger partial charge in [-0.1, -0.05) is 42.5 Å². The average molecular weight is 393 g/mol. The third-order valence-electron chi connectivity index (χ3n) is 3.99. The van der Waals surface area contributed by atoms with Gasteiger partial charge in [0.15, 0.2) is 0 Å². The zero-order valence-corrected chi connectivity index (χ0v) is 16.0. The Hall–Kier alpha value is -2.29. The summed E-state index contributed by atoms with van der Waals surface area (Å²) in [6.45, 7) is 2.59. The Morgan fingerprint density at radius 2 is 1.78 bits per heavy atom. The van der Waals surface area contributed by atoms with Crippen LogP contribution < -0.4 is 10.5 Å². The normalized spacial score (nSPS) is 12.6. The van der Waals surface area contributed by atoms with Gasteiger partial charge in [-0.3, -0.25) is 4.79 Å². The summed E-state index contributed by atoms with van der Waals surface area (Å²) >= 11 is 0. The molecule has 1 unspecified atom stereocenters. The lowest BCUT2D eigenvalue weighted by Gasteiger charge is -2.26. The lowest BCUT2D eigenvalue weighted by atomic mass is 10.2. The topological polar surface area (TPSA) is 92.5 Å². The van der Waals surface area contributed by atoms with Gasteiger partial charge in [0.2, 0.25) is 15.9 Å². The number of rotatable bonds is 9. The quantitative estimate of drug-likeness (QED) is 0.680. The van der Waals surface area contributed by atoms with E-state index < -0.39 is 32.7 Å². The number of hydrogen-bond donors (Lipinski definition) is 2. The molecule has 0 radical (unpaired) electrons. The van der Waals surface area contributed by atoms with E-state index in [0.717, 1.165) is 17.7 Å². The number of halogens is 1. The number of hydrogen-bond acceptors (Lipinski definition) is 4. The van der Waals surface area contributed by atoms with Crippen molar-refractivity contribution in [2.24, 2.45) is 5.73 Å². The van der Waals surface area contributed by atoms with E-state index >= 15 is 0 Å². The van der Waals surface area contributed by atoms with E-state index in [1.165, 1.54) is 19.1 Å². The average Bonchev–Trinajstić information content (AvgIpc) is 2.65. The van der Waals surface area contributed by atoms with Crippen LogP contribution in [0.3, 0.4) is 0 Å². The van der Waals surface area contributed by atoms with E-state index in [1.807, 2.05) is 30.3 Å². The maximum absolute atomic E-state index is 13.8. The molecule has 0 spiro atoms. The Morgan fingerprint density at radius 3 is 2.41 bits per heavy atom. The summed E-state index contributed by atoms with van der Waals surface area (Å²) in [7, 11) is -4.16. The van der Waals surface area contributed by atoms with Crippen LogP contribution in [0.15, 0.2) is 59.5 Å².